The van der Waals surface area contributed by atoms with E-state index in [1.807, 2.05) is 12.1 Å². The van der Waals surface area contributed by atoms with E-state index in [0.717, 1.165) is 40.1 Å². The summed E-state index contributed by atoms with van der Waals surface area (Å²) >= 11 is 14.1. The van der Waals surface area contributed by atoms with Crippen molar-refractivity contribution >= 4 is 51.7 Å². The molecule has 0 amide bonds. The minimum atomic E-state index is 0.325. The van der Waals surface area contributed by atoms with Crippen molar-refractivity contribution in [3.8, 4) is 5.75 Å². The highest BCUT2D eigenvalue weighted by Gasteiger charge is 2.36. The number of benzene rings is 2. The molecule has 3 aromatic rings. The Morgan fingerprint density at radius 1 is 1.00 bits per heavy atom. The maximum Gasteiger partial charge on any atom is 0.120 e. The second-order valence-corrected chi connectivity index (χ2v) is 10.4. The van der Waals surface area contributed by atoms with Crippen molar-refractivity contribution in [1.29, 1.82) is 0 Å². The van der Waals surface area contributed by atoms with Crippen LogP contribution in [0.4, 0.5) is 5.69 Å². The van der Waals surface area contributed by atoms with E-state index in [-0.39, 0.29) is 0 Å². The molecule has 1 aliphatic heterocycles. The highest BCUT2D eigenvalue weighted by atomic mass is 35.5. The maximum atomic E-state index is 6.37. The van der Waals surface area contributed by atoms with Gasteiger partial charge in [-0.3, -0.25) is 0 Å². The summed E-state index contributed by atoms with van der Waals surface area (Å²) in [5.41, 5.74) is 2.42. The summed E-state index contributed by atoms with van der Waals surface area (Å²) in [4.78, 5) is 4.30. The quantitative estimate of drug-likeness (QED) is 0.339. The molecule has 31 heavy (non-hydrogen) atoms. The number of rotatable bonds is 5. The van der Waals surface area contributed by atoms with E-state index in [4.69, 9.17) is 27.9 Å². The summed E-state index contributed by atoms with van der Waals surface area (Å²) in [5, 5.41) is 5.61. The summed E-state index contributed by atoms with van der Waals surface area (Å²) in [7, 11) is 0. The van der Waals surface area contributed by atoms with Crippen LogP contribution in [-0.4, -0.2) is 24.2 Å². The number of fused-ring (bicyclic) bond motifs is 1. The van der Waals surface area contributed by atoms with Gasteiger partial charge in [-0.25, -0.2) is 0 Å². The van der Waals surface area contributed by atoms with Gasteiger partial charge in [0.15, 0.2) is 0 Å². The summed E-state index contributed by atoms with van der Waals surface area (Å²) < 4.78 is 9.79. The van der Waals surface area contributed by atoms with Gasteiger partial charge >= 0.3 is 0 Å². The second kappa shape index (κ2) is 9.14. The first-order valence-corrected chi connectivity index (χ1v) is 12.5. The zero-order chi connectivity index (χ0) is 21.3. The molecule has 2 fully saturated rings. The number of nitrogens with one attached hydrogen (secondary N) is 3. The predicted octanol–water partition coefficient (Wildman–Crippen LogP) is 7.29. The van der Waals surface area contributed by atoms with Gasteiger partial charge in [0.05, 0.1) is 27.4 Å². The number of piperidine rings is 1. The van der Waals surface area contributed by atoms with E-state index in [2.05, 4.69) is 39.3 Å². The van der Waals surface area contributed by atoms with Crippen LogP contribution in [0.5, 0.6) is 5.75 Å². The Labute approximate surface area is 197 Å². The zero-order valence-electron chi connectivity index (χ0n) is 17.3. The summed E-state index contributed by atoms with van der Waals surface area (Å²) in [6.07, 6.45) is 9.63. The molecule has 1 aromatic heterocycles. The molecule has 4 nitrogen and oxygen atoms in total. The van der Waals surface area contributed by atoms with Crippen LogP contribution in [0.2, 0.25) is 10.0 Å². The van der Waals surface area contributed by atoms with Crippen molar-refractivity contribution in [2.45, 2.75) is 49.5 Å². The fourth-order valence-corrected chi connectivity index (χ4v) is 6.23. The summed E-state index contributed by atoms with van der Waals surface area (Å²) in [5.74, 6) is 0.947. The third-order valence-corrected chi connectivity index (χ3v) is 8.21. The van der Waals surface area contributed by atoms with E-state index in [1.165, 1.54) is 38.8 Å². The fourth-order valence-electron chi connectivity index (χ4n) is 4.95. The van der Waals surface area contributed by atoms with Gasteiger partial charge in [-0.15, -0.1) is 0 Å². The Hall–Kier alpha value is -1.53. The lowest BCUT2D eigenvalue weighted by Gasteiger charge is -2.43. The number of anilines is 1. The molecule has 2 aliphatic rings. The highest BCUT2D eigenvalue weighted by Crippen LogP contribution is 2.44. The molecule has 0 radical (unpaired) electrons. The molecular formula is C24H27Cl2N3OS. The summed E-state index contributed by atoms with van der Waals surface area (Å²) in [6, 6.07) is 12.1. The van der Waals surface area contributed by atoms with E-state index < -0.39 is 0 Å². The monoisotopic (exact) mass is 475 g/mol. The minimum absolute atomic E-state index is 0.325. The lowest BCUT2D eigenvalue weighted by Crippen LogP contribution is -2.40. The molecule has 1 spiro atoms. The molecule has 3 N–H and O–H groups in total. The Morgan fingerprint density at radius 3 is 2.61 bits per heavy atom. The number of hydrogen-bond acceptors (Lipinski definition) is 4. The van der Waals surface area contributed by atoms with Gasteiger partial charge in [0.2, 0.25) is 0 Å². The van der Waals surface area contributed by atoms with Crippen molar-refractivity contribution in [2.24, 2.45) is 5.41 Å². The molecule has 2 aromatic carbocycles. The Morgan fingerprint density at radius 2 is 1.81 bits per heavy atom. The molecule has 1 aliphatic carbocycles. The molecule has 0 unspecified atom stereocenters. The van der Waals surface area contributed by atoms with Crippen molar-refractivity contribution in [3.05, 3.63) is 52.6 Å². The molecule has 1 saturated heterocycles. The van der Waals surface area contributed by atoms with Crippen molar-refractivity contribution in [3.63, 3.8) is 0 Å². The average molecular weight is 476 g/mol. The molecule has 0 bridgehead atoms. The number of halogens is 2. The van der Waals surface area contributed by atoms with Gasteiger partial charge in [0.25, 0.3) is 0 Å². The minimum Gasteiger partial charge on any atom is -0.490 e. The highest BCUT2D eigenvalue weighted by molar-refractivity contribution is 8.00. The van der Waals surface area contributed by atoms with Crippen LogP contribution >= 0.6 is 35.1 Å². The lowest BCUT2D eigenvalue weighted by atomic mass is 9.68. The molecule has 0 atom stereocenters. The first-order chi connectivity index (χ1) is 15.1. The van der Waals surface area contributed by atoms with E-state index in [0.29, 0.717) is 21.6 Å². The van der Waals surface area contributed by atoms with Gasteiger partial charge in [-0.2, -0.15) is 0 Å². The fraction of sp³-hybridized carbons (Fsp3) is 0.417. The van der Waals surface area contributed by atoms with Gasteiger partial charge in [-0.1, -0.05) is 29.3 Å². The van der Waals surface area contributed by atoms with E-state index >= 15 is 0 Å². The van der Waals surface area contributed by atoms with Crippen LogP contribution in [0.1, 0.15) is 38.5 Å². The number of ether oxygens (including phenoxy) is 1. The largest absolute Gasteiger partial charge is 0.490 e. The third-order valence-electron chi connectivity index (χ3n) is 6.78. The Kier molecular flexibility index (Phi) is 6.29. The number of hydrogen-bond donors (Lipinski definition) is 3. The smallest absolute Gasteiger partial charge is 0.120 e. The van der Waals surface area contributed by atoms with Crippen LogP contribution < -0.4 is 14.8 Å². The number of H-pyrrole nitrogens is 1. The molecule has 2 heterocycles. The van der Waals surface area contributed by atoms with Crippen molar-refractivity contribution in [1.82, 2.24) is 10.3 Å². The molecular weight excluding hydrogens is 449 g/mol. The first kappa shape index (κ1) is 21.3. The average Bonchev–Trinajstić information content (AvgIpc) is 3.19. The van der Waals surface area contributed by atoms with Gasteiger partial charge in [-0.05, 0) is 99.3 Å². The normalized spacial score (nSPS) is 19.0. The SMILES string of the molecule is Clc1ccc(NSc2cccc(OC3CCC4(CCNCC4)CC3)c2)c2[nH]cc(Cl)c12. The van der Waals surface area contributed by atoms with Crippen LogP contribution in [0.3, 0.4) is 0 Å². The van der Waals surface area contributed by atoms with Crippen LogP contribution in [0.25, 0.3) is 10.9 Å². The van der Waals surface area contributed by atoms with Crippen LogP contribution in [0, 0.1) is 5.41 Å². The van der Waals surface area contributed by atoms with Crippen LogP contribution in [-0.2, 0) is 0 Å². The Bertz CT molecular complexity index is 1050. The maximum absolute atomic E-state index is 6.37. The predicted molar refractivity (Wildman–Crippen MR) is 132 cm³/mol. The van der Waals surface area contributed by atoms with Crippen molar-refractivity contribution < 1.29 is 4.74 Å². The van der Waals surface area contributed by atoms with Crippen molar-refractivity contribution in [2.75, 3.05) is 17.8 Å². The molecule has 5 rings (SSSR count). The second-order valence-electron chi connectivity index (χ2n) is 8.73. The standard InChI is InChI=1S/C24H27Cl2N3OS/c25-19-4-5-21(23-22(19)20(26)15-28-23)29-31-18-3-1-2-17(14-18)30-16-6-8-24(9-7-16)10-12-27-13-11-24/h1-5,14-16,27-29H,6-13H2. The lowest BCUT2D eigenvalue weighted by molar-refractivity contribution is 0.0571. The molecule has 1 saturated carbocycles. The third kappa shape index (κ3) is 4.65. The topological polar surface area (TPSA) is 49.1 Å². The molecule has 164 valence electrons. The van der Waals surface area contributed by atoms with Crippen LogP contribution in [0.15, 0.2) is 47.5 Å². The first-order valence-electron chi connectivity index (χ1n) is 11.0. The Balaban J connectivity index is 1.21. The van der Waals surface area contributed by atoms with Gasteiger partial charge in [0.1, 0.15) is 5.75 Å². The van der Waals surface area contributed by atoms with Gasteiger partial charge in [0, 0.05) is 16.5 Å². The number of aromatic nitrogens is 1. The van der Waals surface area contributed by atoms with Gasteiger partial charge < -0.3 is 19.8 Å². The zero-order valence-corrected chi connectivity index (χ0v) is 19.7. The van der Waals surface area contributed by atoms with E-state index in [1.54, 1.807) is 18.1 Å². The number of aromatic amines is 1. The summed E-state index contributed by atoms with van der Waals surface area (Å²) in [6.45, 7) is 2.35. The van der Waals surface area contributed by atoms with E-state index in [9.17, 15) is 0 Å². The molecule has 7 heteroatoms.